The summed E-state index contributed by atoms with van der Waals surface area (Å²) < 4.78 is 32.7. The summed E-state index contributed by atoms with van der Waals surface area (Å²) in [4.78, 5) is 118. The number of H-pyrrole nitrogens is 1. The van der Waals surface area contributed by atoms with Crippen LogP contribution in [-0.2, 0) is 43.8 Å². The number of Topliss-reactive ketones (excluding diaryl/α,β-unsaturated/α-hetero) is 1. The van der Waals surface area contributed by atoms with E-state index in [-0.39, 0.29) is 65.0 Å². The average Bonchev–Trinajstić information content (AvgIpc) is 1.56. The van der Waals surface area contributed by atoms with Gasteiger partial charge in [0.15, 0.2) is 22.0 Å². The van der Waals surface area contributed by atoms with E-state index in [1.165, 1.54) is 57.4 Å². The molecule has 4 aliphatic rings. The molecule has 14 heterocycles. The monoisotopic (exact) mass is 3030 g/mol. The molecule has 15 N–H and O–H groups in total. The zero-order chi connectivity index (χ0) is 110. The topological polar surface area (TPSA) is 617 Å². The molecule has 144 heavy (non-hydrogen) atoms. The quantitative estimate of drug-likeness (QED) is 0.0140. The Labute approximate surface area is 967 Å². The number of hydrogen-bond donors (Lipinski definition) is 12. The van der Waals surface area contributed by atoms with Crippen molar-refractivity contribution in [1.29, 1.82) is 0 Å². The van der Waals surface area contributed by atoms with Crippen molar-refractivity contribution in [2.24, 2.45) is 15.1 Å². The van der Waals surface area contributed by atoms with Crippen molar-refractivity contribution in [1.82, 2.24) is 65.0 Å². The molecular formula is C82H100BBr13Cl2FN27O14PS2Sn. The van der Waals surface area contributed by atoms with E-state index in [2.05, 4.69) is 363 Å². The van der Waals surface area contributed by atoms with Gasteiger partial charge in [0.25, 0.3) is 3.25 Å². The van der Waals surface area contributed by atoms with E-state index in [0.717, 1.165) is 126 Å². The predicted molar refractivity (Wildman–Crippen MR) is 623 cm³/mol. The third-order valence-corrected chi connectivity index (χ3v) is 27.7. The fraction of sp³-hybridized carbons (Fsp3) is 0.366. The van der Waals surface area contributed by atoms with Crippen molar-refractivity contribution in [2.75, 3.05) is 38.5 Å². The second-order valence-corrected chi connectivity index (χ2v) is 63.6. The number of pyridine rings is 9. The third kappa shape index (κ3) is 41.5. The molecule has 3 radical (unpaired) electrons. The Morgan fingerprint density at radius 2 is 0.910 bits per heavy atom. The standard InChI is InChI=1S/C13H17BrN4O.C12H14BrN5.C11H13BrN2O.C11H13BrN2S.C6H4Br2N2O2.C6H6Br2N2.C6H6BrN3O2.C6H5BrN2O3.C5H4FN3O2.C4H9NO2.2CH4.BHNS.Br3OP.2ClH.Sn/c1-7-9-5-11(18-17-8(2)19)13(3,4)16-12(9)15-6-10(7)14;1-6-8(13)5-14-10-9(6)18-7(2)16-17-11(18)12(3,4)15-10;2*1-6-7-4-9(15)11(2,3)14-10(7)13-5-8(6)12;1-3-4(7)2-9-6(8)5(3)10(11)12;1-3-4(7)2-10-6(8)5(3)9;1-3-4(7)2-9-6(8)5(3)10(11)12;1-3-4(7)2-8-6(10)5(3)9(11)12;6-3-1-2-8-5(7)4(3)9(10)11;1-4(2,5)3(6)7;;;1-2-3;1-5(2,3)4;;;/h6H,5H2,1-4H3,(H,15,16)(H,17,19);5H,1-4H3,(H,14,15);2*5H,4H2,1-3H3,(H,13,14);2H,1H3;2H,9H2,1H3;2H,1H3,(H2,8,9);2H,1H3,(H,8,10);1-2H,(H2,7,8);5H2,1-2H3,(H,6,7);2*1H4;3H;;2*1H;/q;;;;;;;;;;;;;;;;+2/p-2/b18-11+;;;;;;;;;;;;;;;;. The number of rotatable bonds is 6. The Morgan fingerprint density at radius 1 is 0.562 bits per heavy atom. The van der Waals surface area contributed by atoms with Crippen molar-refractivity contribution in [3.8, 4) is 5.69 Å². The maximum atomic E-state index is 12.5. The van der Waals surface area contributed by atoms with Gasteiger partial charge in [-0.2, -0.15) is 9.49 Å². The van der Waals surface area contributed by atoms with Crippen LogP contribution < -0.4 is 55.2 Å². The van der Waals surface area contributed by atoms with E-state index in [0.29, 0.717) is 53.2 Å². The molecule has 0 saturated carbocycles. The Bertz CT molecular complexity index is 6330. The first-order valence-corrected chi connectivity index (χ1v) is 63.3. The number of carbonyl (C=O) groups is 3. The van der Waals surface area contributed by atoms with Crippen molar-refractivity contribution in [3.05, 3.63) is 236 Å². The van der Waals surface area contributed by atoms with Gasteiger partial charge in [-0.1, -0.05) is 27.1 Å². The molecule has 0 aliphatic carbocycles. The number of thiol groups is 1. The first-order chi connectivity index (χ1) is 65.2. The molecule has 0 unspecified atom stereocenters. The molecule has 0 bridgehead atoms. The van der Waals surface area contributed by atoms with E-state index in [4.69, 9.17) is 58.1 Å². The molecule has 0 saturated heterocycles. The molecule has 0 fully saturated rings. The first-order valence-electron chi connectivity index (χ1n) is 39.6. The third-order valence-electron chi connectivity index (χ3n) is 19.5. The van der Waals surface area contributed by atoms with Crippen LogP contribution >= 0.6 is 252 Å². The molecule has 62 heteroatoms. The number of nitrogens with two attached hydrogens (primary N) is 4. The minimum atomic E-state index is -2.20. The summed E-state index contributed by atoms with van der Waals surface area (Å²) in [6, 6.07) is 0.883. The van der Waals surface area contributed by atoms with Gasteiger partial charge in [-0.25, -0.2) is 45.3 Å². The van der Waals surface area contributed by atoms with Gasteiger partial charge in [-0.15, -0.1) is 10.2 Å². The number of aliphatic carboxylic acids is 1. The summed E-state index contributed by atoms with van der Waals surface area (Å²) in [6.07, 6.45) is 16.3. The van der Waals surface area contributed by atoms with Crippen molar-refractivity contribution < 1.29 is 48.1 Å². The van der Waals surface area contributed by atoms with Crippen LogP contribution in [0.2, 0.25) is 0 Å². The average molecular weight is 3040 g/mol. The number of carbonyl (C=O) groups excluding carboxylic acids is 2. The molecule has 0 aromatic carbocycles. The predicted octanol–water partition coefficient (Wildman–Crippen LogP) is 25.4. The fourth-order valence-corrected chi connectivity index (χ4v) is 14.9. The summed E-state index contributed by atoms with van der Waals surface area (Å²) in [7, 11) is 14.2. The molecule has 4 aliphatic heterocycles. The van der Waals surface area contributed by atoms with Crippen LogP contribution in [0.1, 0.15) is 164 Å². The number of hydrazone groups is 1. The van der Waals surface area contributed by atoms with Crippen LogP contribution in [0.25, 0.3) is 5.69 Å². The number of aromatic amines is 1. The van der Waals surface area contributed by atoms with E-state index in [1.807, 2.05) is 67.8 Å². The minimum absolute atomic E-state index is 0. The summed E-state index contributed by atoms with van der Waals surface area (Å²) in [5.74, 6) is 2.97. The molecule has 41 nitrogen and oxygen atoms in total. The number of hydrogen-bond acceptors (Lipinski definition) is 35. The van der Waals surface area contributed by atoms with Gasteiger partial charge in [-0.3, -0.25) is 68.8 Å². The second kappa shape index (κ2) is 61.4. The summed E-state index contributed by atoms with van der Waals surface area (Å²) >= 11 is 48.9. The molecule has 1 amide bonds. The van der Waals surface area contributed by atoms with E-state index in [1.54, 1.807) is 32.4 Å². The van der Waals surface area contributed by atoms with Crippen molar-refractivity contribution in [3.63, 3.8) is 0 Å². The van der Waals surface area contributed by atoms with Gasteiger partial charge in [0, 0.05) is 202 Å². The number of nitrogen functional groups attached to an aromatic ring is 3. The SMILES string of the molecule is C.C.CC(=O)N/N=C1\Cc2c(ncc(Br)c2C)NC1(C)C.CC(C)(N)C(=O)O.Cc1c(Br)c[nH]c(=O)c1[N+](=O)[O-].Cc1c(Br)cnc(Br)c1N.Cc1c(Br)cnc(Br)c1[N+](=O)[O-].Cc1c(Br)cnc(N)c1[N+](=O)[O-].Cc1c(Br)cnc2c1-n1c(C)nnc1C(C)(C)N2.Cc1c(Br)cnc2c1CC(=O)C(C)(C)N2.Cc1c(Br)cnc2c1CC(=S)C(C)(C)N2.Nc1nccc(F)c1[N+](=O)[O-].O=P(Br)(Br)Br.[B]=NS.[Cl][Sn][Cl]. The van der Waals surface area contributed by atoms with Gasteiger partial charge >= 0.3 is 95.8 Å². The second-order valence-electron chi connectivity index (χ2n) is 32.0. The first kappa shape index (κ1) is 138. The number of fused-ring (bicyclic) bond motifs is 6. The normalized spacial score (nSPS) is 13.3. The van der Waals surface area contributed by atoms with Gasteiger partial charge in [-0.05, 0) is 325 Å². The number of carboxylic acids is 1. The van der Waals surface area contributed by atoms with Crippen LogP contribution in [0.15, 0.2) is 121 Å². The number of nitrogens with zero attached hydrogens (tertiary/aromatic N) is 17. The van der Waals surface area contributed by atoms with Crippen molar-refractivity contribution >= 4 is 370 Å². The number of anilines is 7. The summed E-state index contributed by atoms with van der Waals surface area (Å²) in [5, 5.41) is 75.6. The van der Waals surface area contributed by atoms with E-state index >= 15 is 0 Å². The van der Waals surface area contributed by atoms with Crippen LogP contribution in [0.5, 0.6) is 0 Å². The maximum absolute atomic E-state index is 12.5. The van der Waals surface area contributed by atoms with E-state index < -0.39 is 87.4 Å². The molecular weight excluding hydrogens is 2940 g/mol. The number of carboxylic acid groups (broad SMARTS) is 1. The number of ketones is 1. The zero-order valence-corrected chi connectivity index (χ0v) is 106. The molecule has 14 rings (SSSR count). The molecule has 10 aromatic heterocycles. The number of nitro groups is 4. The number of halogens is 16. The Morgan fingerprint density at radius 3 is 1.30 bits per heavy atom. The Kier molecular flexibility index (Phi) is 58.7. The number of aryl methyl sites for hydroxylation is 1. The van der Waals surface area contributed by atoms with Gasteiger partial charge in [0.2, 0.25) is 23.4 Å². The van der Waals surface area contributed by atoms with Crippen LogP contribution in [0.3, 0.4) is 0 Å². The molecule has 10 aromatic rings. The number of aromatic nitrogens is 12. The number of thiocarbonyl (C=S) groups is 1. The Balaban J connectivity index is 0.00000157. The zero-order valence-electron chi connectivity index (χ0n) is 78.5. The van der Waals surface area contributed by atoms with Gasteiger partial charge < -0.3 is 54.3 Å². The molecule has 0 atom stereocenters. The van der Waals surface area contributed by atoms with Gasteiger partial charge in [0.05, 0.1) is 58.9 Å². The van der Waals surface area contributed by atoms with Crippen molar-refractivity contribution in [2.45, 2.75) is 200 Å². The van der Waals surface area contributed by atoms with E-state index in [9.17, 15) is 68.6 Å². The molecule has 783 valence electrons. The Hall–Kier alpha value is -6.19. The van der Waals surface area contributed by atoms with Gasteiger partial charge in [0.1, 0.15) is 33.4 Å². The van der Waals surface area contributed by atoms with Crippen LogP contribution in [-0.4, -0.2) is 161 Å². The number of nitrogens with one attached hydrogen (secondary N) is 6. The number of amides is 1. The summed E-state index contributed by atoms with van der Waals surface area (Å²) in [5.41, 5.74) is 32.2. The van der Waals surface area contributed by atoms with Crippen LogP contribution in [0, 0.1) is 109 Å². The fourth-order valence-electron chi connectivity index (χ4n) is 11.3. The summed E-state index contributed by atoms with van der Waals surface area (Å²) in [6.45, 7) is 37.4. The van der Waals surface area contributed by atoms with Crippen LogP contribution in [0.4, 0.5) is 67.7 Å². The molecule has 0 spiro atoms.